The number of hydrogen-bond acceptors (Lipinski definition) is 7. The Morgan fingerprint density at radius 3 is 2.68 bits per heavy atom. The maximum absolute atomic E-state index is 14.2. The number of benzene rings is 2. The first-order valence-corrected chi connectivity index (χ1v) is 9.85. The Kier molecular flexibility index (Phi) is 5.01. The largest absolute Gasteiger partial charge is 0.368 e. The Bertz CT molecular complexity index is 1350. The van der Waals surface area contributed by atoms with Crippen molar-refractivity contribution in [3.63, 3.8) is 0 Å². The Hall–Kier alpha value is -3.85. The SMILES string of the molecule is Fc1ccccc1-c1nnc2ccc(NCCc3nc(-c4ccc(Cl)cc4)no3)nn12. The molecule has 0 aliphatic carbocycles. The van der Waals surface area contributed by atoms with E-state index in [2.05, 4.69) is 30.8 Å². The number of fused-ring (bicyclic) bond motifs is 1. The van der Waals surface area contributed by atoms with Crippen LogP contribution >= 0.6 is 11.6 Å². The van der Waals surface area contributed by atoms with Crippen LogP contribution in [-0.4, -0.2) is 36.5 Å². The number of halogens is 2. The summed E-state index contributed by atoms with van der Waals surface area (Å²) in [5, 5.41) is 20.5. The molecule has 31 heavy (non-hydrogen) atoms. The van der Waals surface area contributed by atoms with Gasteiger partial charge in [0.25, 0.3) is 0 Å². The van der Waals surface area contributed by atoms with Gasteiger partial charge in [-0.15, -0.1) is 15.3 Å². The molecule has 0 unspecified atom stereocenters. The zero-order valence-corrected chi connectivity index (χ0v) is 16.8. The third-order valence-electron chi connectivity index (χ3n) is 4.59. The minimum absolute atomic E-state index is 0.334. The predicted molar refractivity (Wildman–Crippen MR) is 113 cm³/mol. The summed E-state index contributed by atoms with van der Waals surface area (Å²) in [7, 11) is 0. The highest BCUT2D eigenvalue weighted by Crippen LogP contribution is 2.22. The van der Waals surface area contributed by atoms with E-state index in [0.29, 0.717) is 52.6 Å². The molecule has 0 atom stereocenters. The van der Waals surface area contributed by atoms with E-state index in [4.69, 9.17) is 16.1 Å². The Labute approximate surface area is 180 Å². The summed E-state index contributed by atoms with van der Waals surface area (Å²) in [5.74, 6) is 1.54. The Balaban J connectivity index is 1.29. The van der Waals surface area contributed by atoms with Crippen LogP contribution in [0.25, 0.3) is 28.4 Å². The average molecular weight is 436 g/mol. The number of rotatable bonds is 6. The normalized spacial score (nSPS) is 11.2. The molecule has 0 aliphatic heterocycles. The minimum Gasteiger partial charge on any atom is -0.368 e. The molecule has 2 aromatic carbocycles. The van der Waals surface area contributed by atoms with Crippen molar-refractivity contribution in [2.24, 2.45) is 0 Å². The standard InChI is InChI=1S/C21H15ClFN7O/c22-14-7-5-13(6-8-14)20-25-19(31-29-20)11-12-24-17-9-10-18-26-27-21(30(18)28-17)15-3-1-2-4-16(15)23/h1-10H,11-12H2,(H,24,28). The van der Waals surface area contributed by atoms with Crippen LogP contribution in [-0.2, 0) is 6.42 Å². The average Bonchev–Trinajstić information content (AvgIpc) is 3.42. The fourth-order valence-corrected chi connectivity index (χ4v) is 3.19. The van der Waals surface area contributed by atoms with Gasteiger partial charge >= 0.3 is 0 Å². The number of nitrogens with one attached hydrogen (secondary N) is 1. The van der Waals surface area contributed by atoms with Crippen molar-refractivity contribution in [1.82, 2.24) is 30.0 Å². The predicted octanol–water partition coefficient (Wildman–Crippen LogP) is 4.29. The van der Waals surface area contributed by atoms with E-state index in [-0.39, 0.29) is 5.82 Å². The van der Waals surface area contributed by atoms with Crippen molar-refractivity contribution in [3.8, 4) is 22.8 Å². The van der Waals surface area contributed by atoms with E-state index >= 15 is 0 Å². The van der Waals surface area contributed by atoms with Crippen LogP contribution in [0, 0.1) is 5.82 Å². The molecule has 0 spiro atoms. The highest BCUT2D eigenvalue weighted by molar-refractivity contribution is 6.30. The van der Waals surface area contributed by atoms with Crippen molar-refractivity contribution in [2.45, 2.75) is 6.42 Å². The maximum Gasteiger partial charge on any atom is 0.228 e. The Morgan fingerprint density at radius 1 is 1.00 bits per heavy atom. The molecule has 0 saturated carbocycles. The van der Waals surface area contributed by atoms with Crippen LogP contribution in [0.4, 0.5) is 10.2 Å². The second-order valence-corrected chi connectivity index (χ2v) is 7.12. The van der Waals surface area contributed by atoms with E-state index in [1.807, 2.05) is 12.1 Å². The summed E-state index contributed by atoms with van der Waals surface area (Å²) in [6.07, 6.45) is 0.503. The summed E-state index contributed by atoms with van der Waals surface area (Å²) in [5.41, 5.74) is 1.68. The van der Waals surface area contributed by atoms with E-state index in [1.165, 1.54) is 10.6 Å². The van der Waals surface area contributed by atoms with Gasteiger partial charge in [-0.2, -0.15) is 9.50 Å². The van der Waals surface area contributed by atoms with Gasteiger partial charge in [-0.1, -0.05) is 28.9 Å². The second-order valence-electron chi connectivity index (χ2n) is 6.69. The molecule has 1 N–H and O–H groups in total. The number of nitrogens with zero attached hydrogens (tertiary/aromatic N) is 6. The van der Waals surface area contributed by atoms with E-state index in [9.17, 15) is 4.39 Å². The van der Waals surface area contributed by atoms with Gasteiger partial charge in [0, 0.05) is 23.6 Å². The first-order valence-electron chi connectivity index (χ1n) is 9.47. The number of anilines is 1. The van der Waals surface area contributed by atoms with Gasteiger partial charge in [-0.05, 0) is 48.5 Å². The summed E-state index contributed by atoms with van der Waals surface area (Å²) >= 11 is 5.91. The Morgan fingerprint density at radius 2 is 1.84 bits per heavy atom. The van der Waals surface area contributed by atoms with Crippen LogP contribution in [0.15, 0.2) is 65.2 Å². The molecule has 3 aromatic heterocycles. The first-order chi connectivity index (χ1) is 15.2. The van der Waals surface area contributed by atoms with Crippen molar-refractivity contribution < 1.29 is 8.91 Å². The van der Waals surface area contributed by atoms with Crippen LogP contribution in [0.3, 0.4) is 0 Å². The molecule has 8 nitrogen and oxygen atoms in total. The molecule has 0 amide bonds. The molecule has 0 fully saturated rings. The molecule has 0 bridgehead atoms. The van der Waals surface area contributed by atoms with Crippen LogP contribution in [0.1, 0.15) is 5.89 Å². The van der Waals surface area contributed by atoms with Crippen LogP contribution in [0.2, 0.25) is 5.02 Å². The summed E-state index contributed by atoms with van der Waals surface area (Å²) in [6, 6.07) is 17.1. The topological polar surface area (TPSA) is 94.0 Å². The van der Waals surface area contributed by atoms with Crippen LogP contribution < -0.4 is 5.32 Å². The lowest BCUT2D eigenvalue weighted by molar-refractivity contribution is 0.381. The summed E-state index contributed by atoms with van der Waals surface area (Å²) in [4.78, 5) is 4.40. The van der Waals surface area contributed by atoms with Gasteiger partial charge in [-0.25, -0.2) is 4.39 Å². The fraction of sp³-hybridized carbons (Fsp3) is 0.0952. The number of hydrogen-bond donors (Lipinski definition) is 1. The van der Waals surface area contributed by atoms with Gasteiger partial charge in [0.1, 0.15) is 11.6 Å². The van der Waals surface area contributed by atoms with Gasteiger partial charge in [0.2, 0.25) is 11.7 Å². The highest BCUT2D eigenvalue weighted by Gasteiger charge is 2.14. The molecular formula is C21H15ClFN7O. The smallest absolute Gasteiger partial charge is 0.228 e. The molecular weight excluding hydrogens is 421 g/mol. The lowest BCUT2D eigenvalue weighted by Gasteiger charge is -2.05. The minimum atomic E-state index is -0.384. The van der Waals surface area contributed by atoms with Gasteiger partial charge in [-0.3, -0.25) is 0 Å². The molecule has 0 saturated heterocycles. The molecule has 0 aliphatic rings. The second kappa shape index (κ2) is 8.11. The van der Waals surface area contributed by atoms with E-state index in [1.54, 1.807) is 42.5 Å². The van der Waals surface area contributed by atoms with Gasteiger partial charge in [0.05, 0.1) is 5.56 Å². The third-order valence-corrected chi connectivity index (χ3v) is 4.85. The molecule has 10 heteroatoms. The van der Waals surface area contributed by atoms with Crippen molar-refractivity contribution in [3.05, 3.63) is 77.4 Å². The van der Waals surface area contributed by atoms with Crippen LogP contribution in [0.5, 0.6) is 0 Å². The quantitative estimate of drug-likeness (QED) is 0.425. The molecule has 3 heterocycles. The van der Waals surface area contributed by atoms with Gasteiger partial charge in [0.15, 0.2) is 11.5 Å². The monoisotopic (exact) mass is 435 g/mol. The summed E-state index contributed by atoms with van der Waals surface area (Å²) in [6.45, 7) is 0.512. The zero-order valence-electron chi connectivity index (χ0n) is 16.0. The van der Waals surface area contributed by atoms with Crippen molar-refractivity contribution in [2.75, 3.05) is 11.9 Å². The zero-order chi connectivity index (χ0) is 21.2. The lowest BCUT2D eigenvalue weighted by atomic mass is 10.2. The highest BCUT2D eigenvalue weighted by atomic mass is 35.5. The summed E-state index contributed by atoms with van der Waals surface area (Å²) < 4.78 is 21.0. The molecule has 5 aromatic rings. The van der Waals surface area contributed by atoms with Crippen molar-refractivity contribution in [1.29, 1.82) is 0 Å². The molecule has 5 rings (SSSR count). The molecule has 0 radical (unpaired) electrons. The first kappa shape index (κ1) is 19.1. The van der Waals surface area contributed by atoms with Crippen molar-refractivity contribution >= 4 is 23.1 Å². The number of aromatic nitrogens is 6. The van der Waals surface area contributed by atoms with E-state index in [0.717, 1.165) is 5.56 Å². The molecule has 154 valence electrons. The maximum atomic E-state index is 14.2. The lowest BCUT2D eigenvalue weighted by Crippen LogP contribution is -2.08. The van der Waals surface area contributed by atoms with E-state index < -0.39 is 0 Å². The fourth-order valence-electron chi connectivity index (χ4n) is 3.06. The van der Waals surface area contributed by atoms with Gasteiger partial charge < -0.3 is 9.84 Å². The third kappa shape index (κ3) is 3.95.